The number of ether oxygens (including phenoxy) is 2. The zero-order valence-electron chi connectivity index (χ0n) is 19.2. The minimum atomic E-state index is -3.31. The van der Waals surface area contributed by atoms with Gasteiger partial charge in [-0.1, -0.05) is 31.2 Å². The monoisotopic (exact) mass is 494 g/mol. The molecule has 1 unspecified atom stereocenters. The Labute approximate surface area is 203 Å². The highest BCUT2D eigenvalue weighted by atomic mass is 35.5. The van der Waals surface area contributed by atoms with Crippen LogP contribution in [0, 0.1) is 5.92 Å². The van der Waals surface area contributed by atoms with Gasteiger partial charge in [-0.25, -0.2) is 8.42 Å². The van der Waals surface area contributed by atoms with Crippen molar-refractivity contribution in [3.63, 3.8) is 0 Å². The number of aliphatic hydroxyl groups is 1. The van der Waals surface area contributed by atoms with Gasteiger partial charge in [-0.05, 0) is 73.6 Å². The van der Waals surface area contributed by atoms with Crippen LogP contribution in [-0.4, -0.2) is 39.1 Å². The van der Waals surface area contributed by atoms with Crippen molar-refractivity contribution in [1.29, 1.82) is 0 Å². The average Bonchev–Trinajstić information content (AvgIpc) is 3.12. The Morgan fingerprint density at radius 2 is 1.82 bits per heavy atom. The highest BCUT2D eigenvalue weighted by Crippen LogP contribution is 2.45. The molecule has 0 spiro atoms. The Morgan fingerprint density at radius 1 is 1.06 bits per heavy atom. The molecule has 1 N–H and O–H groups in total. The van der Waals surface area contributed by atoms with E-state index in [1.54, 1.807) is 12.1 Å². The lowest BCUT2D eigenvalue weighted by atomic mass is 9.87. The lowest BCUT2D eigenvalue weighted by Crippen LogP contribution is -2.08. The van der Waals surface area contributed by atoms with E-state index in [0.717, 1.165) is 37.2 Å². The van der Waals surface area contributed by atoms with Crippen LogP contribution >= 0.6 is 12.4 Å². The number of benzene rings is 2. The number of aliphatic hydroxyl groups excluding tert-OH is 1. The molecule has 4 rings (SSSR count). The third-order valence-corrected chi connectivity index (χ3v) is 8.66. The van der Waals surface area contributed by atoms with Gasteiger partial charge in [-0.3, -0.25) is 0 Å². The van der Waals surface area contributed by atoms with E-state index in [0.29, 0.717) is 35.9 Å². The minimum absolute atomic E-state index is 0. The summed E-state index contributed by atoms with van der Waals surface area (Å²) in [6.45, 7) is 3.58. The van der Waals surface area contributed by atoms with Crippen LogP contribution in [0.5, 0.6) is 11.5 Å². The van der Waals surface area contributed by atoms with Gasteiger partial charge in [0.25, 0.3) is 0 Å². The van der Waals surface area contributed by atoms with Gasteiger partial charge in [0.1, 0.15) is 0 Å². The number of halogens is 1. The number of para-hydroxylation sites is 1. The summed E-state index contributed by atoms with van der Waals surface area (Å²) in [4.78, 5) is 0.352. The Hall–Kier alpha value is -1.76. The summed E-state index contributed by atoms with van der Waals surface area (Å²) < 4.78 is 36.5. The predicted molar refractivity (Wildman–Crippen MR) is 133 cm³/mol. The van der Waals surface area contributed by atoms with Gasteiger partial charge in [0.05, 0.1) is 23.9 Å². The Balaban J connectivity index is 0.00000306. The van der Waals surface area contributed by atoms with Gasteiger partial charge in [0.2, 0.25) is 0 Å². The van der Waals surface area contributed by atoms with E-state index in [4.69, 9.17) is 14.6 Å². The Morgan fingerprint density at radius 3 is 2.58 bits per heavy atom. The second-order valence-corrected chi connectivity index (χ2v) is 11.3. The lowest BCUT2D eigenvalue weighted by molar-refractivity contribution is 0.295. The normalized spacial score (nSPS) is 21.2. The lowest BCUT2D eigenvalue weighted by Gasteiger charge is -2.21. The molecule has 1 aliphatic carbocycles. The van der Waals surface area contributed by atoms with Crippen LogP contribution in [-0.2, 0) is 9.84 Å². The Kier molecular flexibility index (Phi) is 9.08. The van der Waals surface area contributed by atoms with Crippen molar-refractivity contribution in [2.75, 3.05) is 25.6 Å². The van der Waals surface area contributed by atoms with Gasteiger partial charge in [0, 0.05) is 18.6 Å². The Bertz CT molecular complexity index is 1010. The second-order valence-electron chi connectivity index (χ2n) is 9.20. The summed E-state index contributed by atoms with van der Waals surface area (Å²) in [5.41, 5.74) is 2.47. The fourth-order valence-electron chi connectivity index (χ4n) is 5.14. The maximum atomic E-state index is 12.3. The average molecular weight is 495 g/mol. The molecule has 0 bridgehead atoms. The zero-order chi connectivity index (χ0) is 22.6. The molecule has 182 valence electrons. The SMILES string of the molecule is C[C@@H](CC1CC[C@H](c2ccc(S(=O)(=O)CCCO)cc2)C1)c1cccc2c1OCCCO2.Cl. The van der Waals surface area contributed by atoms with Crippen LogP contribution in [0.25, 0.3) is 0 Å². The molecule has 1 aliphatic heterocycles. The molecule has 2 aliphatic rings. The first kappa shape index (κ1) is 25.9. The molecule has 0 amide bonds. The largest absolute Gasteiger partial charge is 0.490 e. The standard InChI is InChI=1S/C26H34O5S.ClH/c1-19(24-5-2-6-25-26(24)31-15-4-14-30-25)17-20-7-8-22(18-20)21-9-11-23(12-10-21)32(28,29)16-3-13-27;/h2,5-6,9-12,19-20,22,27H,3-4,7-8,13-18H2,1H3;1H/t19-,20?,22-;/m0./s1. The summed E-state index contributed by atoms with van der Waals surface area (Å²) >= 11 is 0. The fourth-order valence-corrected chi connectivity index (χ4v) is 6.44. The van der Waals surface area contributed by atoms with Crippen LogP contribution in [0.3, 0.4) is 0 Å². The first-order chi connectivity index (χ1) is 15.5. The van der Waals surface area contributed by atoms with E-state index in [1.165, 1.54) is 17.5 Å². The molecular formula is C26H35ClO5S. The van der Waals surface area contributed by atoms with E-state index in [-0.39, 0.29) is 31.2 Å². The maximum absolute atomic E-state index is 12.3. The van der Waals surface area contributed by atoms with Crippen molar-refractivity contribution in [3.8, 4) is 11.5 Å². The van der Waals surface area contributed by atoms with Crippen molar-refractivity contribution in [2.24, 2.45) is 5.92 Å². The highest BCUT2D eigenvalue weighted by Gasteiger charge is 2.29. The number of fused-ring (bicyclic) bond motifs is 1. The smallest absolute Gasteiger partial charge is 0.178 e. The number of sulfone groups is 1. The summed E-state index contributed by atoms with van der Waals surface area (Å²) in [5.74, 6) is 3.30. The molecule has 1 fully saturated rings. The van der Waals surface area contributed by atoms with Crippen molar-refractivity contribution in [1.82, 2.24) is 0 Å². The molecule has 7 heteroatoms. The van der Waals surface area contributed by atoms with Gasteiger partial charge in [0.15, 0.2) is 21.3 Å². The third kappa shape index (κ3) is 6.23. The molecular weight excluding hydrogens is 460 g/mol. The number of hydrogen-bond acceptors (Lipinski definition) is 5. The van der Waals surface area contributed by atoms with E-state index < -0.39 is 9.84 Å². The molecule has 0 aromatic heterocycles. The molecule has 0 saturated heterocycles. The van der Waals surface area contributed by atoms with Crippen LogP contribution in [0.4, 0.5) is 0 Å². The summed E-state index contributed by atoms with van der Waals surface area (Å²) in [6, 6.07) is 13.6. The van der Waals surface area contributed by atoms with Crippen molar-refractivity contribution in [3.05, 3.63) is 53.6 Å². The highest BCUT2D eigenvalue weighted by molar-refractivity contribution is 7.91. The van der Waals surface area contributed by atoms with Crippen LogP contribution in [0.2, 0.25) is 0 Å². The molecule has 2 aromatic rings. The molecule has 3 atom stereocenters. The first-order valence-electron chi connectivity index (χ1n) is 11.8. The van der Waals surface area contributed by atoms with E-state index in [9.17, 15) is 8.42 Å². The summed E-state index contributed by atoms with van der Waals surface area (Å²) in [5, 5.41) is 8.92. The van der Waals surface area contributed by atoms with Crippen molar-refractivity contribution >= 4 is 22.2 Å². The van der Waals surface area contributed by atoms with Crippen molar-refractivity contribution < 1.29 is 23.0 Å². The molecule has 5 nitrogen and oxygen atoms in total. The summed E-state index contributed by atoms with van der Waals surface area (Å²) in [6.07, 6.45) is 5.76. The topological polar surface area (TPSA) is 72.8 Å². The first-order valence-corrected chi connectivity index (χ1v) is 13.4. The van der Waals surface area contributed by atoms with Crippen LogP contribution < -0.4 is 9.47 Å². The zero-order valence-corrected chi connectivity index (χ0v) is 20.9. The minimum Gasteiger partial charge on any atom is -0.490 e. The predicted octanol–water partition coefficient (Wildman–Crippen LogP) is 5.50. The number of rotatable bonds is 8. The van der Waals surface area contributed by atoms with Gasteiger partial charge in [-0.15, -0.1) is 12.4 Å². The molecule has 1 saturated carbocycles. The number of hydrogen-bond donors (Lipinski definition) is 1. The van der Waals surface area contributed by atoms with E-state index in [2.05, 4.69) is 19.1 Å². The van der Waals surface area contributed by atoms with Gasteiger partial charge >= 0.3 is 0 Å². The molecule has 0 radical (unpaired) electrons. The molecule has 1 heterocycles. The molecule has 33 heavy (non-hydrogen) atoms. The second kappa shape index (κ2) is 11.6. The van der Waals surface area contributed by atoms with Crippen molar-refractivity contribution in [2.45, 2.75) is 62.2 Å². The van der Waals surface area contributed by atoms with Gasteiger partial charge < -0.3 is 14.6 Å². The molecule has 2 aromatic carbocycles. The quantitative estimate of drug-likeness (QED) is 0.524. The third-order valence-electron chi connectivity index (χ3n) is 6.84. The van der Waals surface area contributed by atoms with Gasteiger partial charge in [-0.2, -0.15) is 0 Å². The maximum Gasteiger partial charge on any atom is 0.178 e. The fraction of sp³-hybridized carbons (Fsp3) is 0.538. The van der Waals surface area contributed by atoms with E-state index in [1.807, 2.05) is 18.2 Å². The van der Waals surface area contributed by atoms with E-state index >= 15 is 0 Å². The van der Waals surface area contributed by atoms with Crippen LogP contribution in [0.15, 0.2) is 47.4 Å². The van der Waals surface area contributed by atoms with Crippen LogP contribution in [0.1, 0.15) is 68.4 Å². The summed E-state index contributed by atoms with van der Waals surface area (Å²) in [7, 11) is -3.31.